The minimum Gasteiger partial charge on any atom is -0.693 e. The first-order chi connectivity index (χ1) is 16.2. The first kappa shape index (κ1) is 42.0. The molecule has 0 saturated heterocycles. The number of pyridine rings is 4. The molecule has 0 bridgehead atoms. The summed E-state index contributed by atoms with van der Waals surface area (Å²) in [4.78, 5) is 14.0. The number of halogens is 4. The number of hydrogen-bond donors (Lipinski definition) is 4. The molecular formula is C22H22Cl4N5O4Ru2. The van der Waals surface area contributed by atoms with Gasteiger partial charge in [-0.1, -0.05) is 70.7 Å². The van der Waals surface area contributed by atoms with Gasteiger partial charge < -0.3 is 26.6 Å². The Balaban J connectivity index is -0.000000187. The van der Waals surface area contributed by atoms with E-state index in [0.29, 0.717) is 20.6 Å². The van der Waals surface area contributed by atoms with E-state index in [1.54, 1.807) is 48.5 Å². The van der Waals surface area contributed by atoms with Gasteiger partial charge in [-0.3, -0.25) is 0 Å². The van der Waals surface area contributed by atoms with Crippen LogP contribution in [0.15, 0.2) is 86.0 Å². The van der Waals surface area contributed by atoms with E-state index in [9.17, 15) is 0 Å². The predicted molar refractivity (Wildman–Crippen MR) is 140 cm³/mol. The maximum Gasteiger partial charge on any atom is 1.00 e. The maximum absolute atomic E-state index is 8.62. The molecule has 0 aromatic carbocycles. The van der Waals surface area contributed by atoms with Gasteiger partial charge in [-0.05, 0) is 24.3 Å². The number of nitrogens with zero attached hydrogens (tertiary/aromatic N) is 4. The summed E-state index contributed by atoms with van der Waals surface area (Å²) in [6, 6.07) is 18.8. The molecule has 0 aliphatic carbocycles. The fraction of sp³-hybridized carbons (Fsp3) is 0. The molecule has 4 aromatic rings. The molecule has 0 unspecified atom stereocenters. The van der Waals surface area contributed by atoms with E-state index in [-0.39, 0.29) is 68.6 Å². The Labute approximate surface area is 260 Å². The van der Waals surface area contributed by atoms with E-state index < -0.39 is 0 Å². The molecule has 1 radical (unpaired) electrons. The zero-order chi connectivity index (χ0) is 25.9. The van der Waals surface area contributed by atoms with Crippen molar-refractivity contribution < 1.29 is 59.4 Å². The predicted octanol–water partition coefficient (Wildman–Crippen LogP) is 7.28. The molecule has 0 saturated carbocycles. The Morgan fingerprint density at radius 1 is 0.459 bits per heavy atom. The summed E-state index contributed by atoms with van der Waals surface area (Å²) in [5.41, 5.74) is 0. The van der Waals surface area contributed by atoms with E-state index >= 15 is 0 Å². The fourth-order valence-corrected chi connectivity index (χ4v) is 2.23. The molecule has 0 fully saturated rings. The van der Waals surface area contributed by atoms with Crippen LogP contribution in [0.2, 0.25) is 20.6 Å². The van der Waals surface area contributed by atoms with Gasteiger partial charge in [-0.15, -0.1) is 13.2 Å². The van der Waals surface area contributed by atoms with Crippen LogP contribution in [0, 0.1) is 0 Å². The molecule has 4 heterocycles. The topological polar surface area (TPSA) is 166 Å². The van der Waals surface area contributed by atoms with Crippen LogP contribution in [0.1, 0.15) is 0 Å². The number of hydrogen-bond acceptors (Lipinski definition) is 8. The third kappa shape index (κ3) is 24.0. The zero-order valence-corrected chi connectivity index (χ0v) is 25.2. The monoisotopic (exact) mass is 764 g/mol. The van der Waals surface area contributed by atoms with Crippen molar-refractivity contribution in [3.8, 4) is 23.5 Å². The second-order valence-corrected chi connectivity index (χ2v) is 6.82. The van der Waals surface area contributed by atoms with Crippen LogP contribution in [0.25, 0.3) is 6.15 Å². The third-order valence-corrected chi connectivity index (χ3v) is 3.64. The quantitative estimate of drug-likeness (QED) is 0.0824. The Morgan fingerprint density at radius 3 is 0.703 bits per heavy atom. The zero-order valence-electron chi connectivity index (χ0n) is 18.7. The Hall–Kier alpha value is -2.09. The summed E-state index contributed by atoms with van der Waals surface area (Å²) in [6.07, 6.45) is 0. The van der Waals surface area contributed by atoms with Crippen molar-refractivity contribution in [2.45, 2.75) is 0 Å². The van der Waals surface area contributed by atoms with Crippen LogP contribution in [0.5, 0.6) is 23.5 Å². The maximum atomic E-state index is 8.62. The minimum absolute atomic E-state index is 0. The van der Waals surface area contributed by atoms with E-state index in [4.69, 9.17) is 66.8 Å². The summed E-state index contributed by atoms with van der Waals surface area (Å²) >= 11 is 21.5. The Bertz CT molecular complexity index is 894. The summed E-state index contributed by atoms with van der Waals surface area (Å²) in [5, 5.41) is 35.7. The molecule has 4 rings (SSSR count). The molecule has 9 nitrogen and oxygen atoms in total. The van der Waals surface area contributed by atoms with E-state index in [0.717, 1.165) is 0 Å². The van der Waals surface area contributed by atoms with Gasteiger partial charge in [-0.2, -0.15) is 0 Å². The standard InChI is InChI=1S/4C5H4ClNO.C2H4.H2N.2Ru/c4*6-4-2-1-3-5(8)7-4;1-2;;;/h4*1-3H,(H,7,8);1-2H2;1H2;;/q;;;;;-1;;+1. The molecule has 0 aliphatic rings. The number of aromatic nitrogens is 4. The van der Waals surface area contributed by atoms with Gasteiger partial charge in [0.05, 0.1) is 0 Å². The summed E-state index contributed by atoms with van der Waals surface area (Å²) in [6.45, 7) is 6.00. The van der Waals surface area contributed by atoms with Crippen LogP contribution >= 0.6 is 46.4 Å². The van der Waals surface area contributed by atoms with Crippen LogP contribution in [0.3, 0.4) is 0 Å². The van der Waals surface area contributed by atoms with Gasteiger partial charge in [0.2, 0.25) is 23.5 Å². The SMILES string of the molecule is C=C.Oc1cccc(Cl)n1.Oc1cccc(Cl)n1.Oc1cccc(Cl)n1.Oc1cccc(Cl)n1.[NH2-].[Ru+].[Ru]. The van der Waals surface area contributed by atoms with Crippen LogP contribution in [-0.4, -0.2) is 40.4 Å². The second-order valence-electron chi connectivity index (χ2n) is 5.27. The van der Waals surface area contributed by atoms with Gasteiger partial charge in [0.25, 0.3) is 0 Å². The molecule has 0 amide bonds. The third-order valence-electron chi connectivity index (χ3n) is 2.80. The van der Waals surface area contributed by atoms with E-state index in [1.165, 1.54) is 24.3 Å². The van der Waals surface area contributed by atoms with Crippen molar-refractivity contribution in [2.75, 3.05) is 0 Å². The fourth-order valence-electron chi connectivity index (χ4n) is 1.59. The van der Waals surface area contributed by atoms with Gasteiger partial charge in [0.15, 0.2) is 0 Å². The van der Waals surface area contributed by atoms with Crippen LogP contribution in [-0.2, 0) is 39.0 Å². The Morgan fingerprint density at radius 2 is 0.622 bits per heavy atom. The first-order valence-corrected chi connectivity index (χ1v) is 10.4. The van der Waals surface area contributed by atoms with E-state index in [2.05, 4.69) is 33.1 Å². The van der Waals surface area contributed by atoms with Crippen molar-refractivity contribution in [1.82, 2.24) is 19.9 Å². The van der Waals surface area contributed by atoms with Crippen LogP contribution < -0.4 is 0 Å². The van der Waals surface area contributed by atoms with Crippen molar-refractivity contribution in [3.05, 3.63) is 113 Å². The van der Waals surface area contributed by atoms with Crippen LogP contribution in [0.4, 0.5) is 0 Å². The summed E-state index contributed by atoms with van der Waals surface area (Å²) in [5.74, 6) is -0.176. The summed E-state index contributed by atoms with van der Waals surface area (Å²) < 4.78 is 0. The second kappa shape index (κ2) is 25.6. The molecule has 15 heteroatoms. The summed E-state index contributed by atoms with van der Waals surface area (Å²) in [7, 11) is 0. The van der Waals surface area contributed by atoms with E-state index in [1.807, 2.05) is 0 Å². The van der Waals surface area contributed by atoms with Gasteiger partial charge in [0.1, 0.15) is 20.6 Å². The smallest absolute Gasteiger partial charge is 0.693 e. The van der Waals surface area contributed by atoms with Gasteiger partial charge in [-0.25, -0.2) is 19.9 Å². The molecule has 6 N–H and O–H groups in total. The van der Waals surface area contributed by atoms with Crippen molar-refractivity contribution in [2.24, 2.45) is 0 Å². The average molecular weight is 764 g/mol. The molecule has 0 spiro atoms. The van der Waals surface area contributed by atoms with Gasteiger partial charge >= 0.3 is 19.5 Å². The molecule has 0 aliphatic heterocycles. The molecular weight excluding hydrogens is 742 g/mol. The molecule has 4 aromatic heterocycles. The normalized spacial score (nSPS) is 8.00. The molecule has 0 atom stereocenters. The number of nitrogens with two attached hydrogens (primary N) is 1. The average Bonchev–Trinajstić information content (AvgIpc) is 2.76. The first-order valence-electron chi connectivity index (χ1n) is 8.92. The number of aromatic hydroxyl groups is 4. The van der Waals surface area contributed by atoms with Crippen molar-refractivity contribution in [3.63, 3.8) is 0 Å². The Kier molecular flexibility index (Phi) is 29.0. The van der Waals surface area contributed by atoms with Gasteiger partial charge in [0, 0.05) is 43.7 Å². The molecule has 37 heavy (non-hydrogen) atoms. The van der Waals surface area contributed by atoms with Crippen molar-refractivity contribution in [1.29, 1.82) is 0 Å². The minimum atomic E-state index is -0.0440. The number of rotatable bonds is 0. The largest absolute Gasteiger partial charge is 1.00 e. The van der Waals surface area contributed by atoms with Crippen molar-refractivity contribution >= 4 is 46.4 Å². The molecule has 203 valence electrons.